The Morgan fingerprint density at radius 1 is 1.53 bits per heavy atom. The van der Waals surface area contributed by atoms with E-state index in [0.29, 0.717) is 11.1 Å². The van der Waals surface area contributed by atoms with E-state index in [1.807, 2.05) is 0 Å². The number of hydrogen-bond acceptors (Lipinski definition) is 3. The highest BCUT2D eigenvalue weighted by atomic mass is 19.1. The fraction of sp³-hybridized carbons (Fsp3) is 0.273. The van der Waals surface area contributed by atoms with Crippen molar-refractivity contribution in [2.24, 2.45) is 5.92 Å². The Morgan fingerprint density at radius 3 is 2.93 bits per heavy atom. The molecule has 0 aliphatic heterocycles. The van der Waals surface area contributed by atoms with Gasteiger partial charge in [-0.2, -0.15) is 0 Å². The summed E-state index contributed by atoms with van der Waals surface area (Å²) < 4.78 is 17.4. The topological polar surface area (TPSA) is 43.4 Å². The maximum atomic E-state index is 12.9. The monoisotopic (exact) mass is 208 g/mol. The summed E-state index contributed by atoms with van der Waals surface area (Å²) in [7, 11) is 1.24. The van der Waals surface area contributed by atoms with E-state index in [-0.39, 0.29) is 12.2 Å². The van der Waals surface area contributed by atoms with E-state index in [9.17, 15) is 14.0 Å². The molecule has 0 fully saturated rings. The molecular weight excluding hydrogens is 199 g/mol. The van der Waals surface area contributed by atoms with E-state index in [1.165, 1.54) is 25.3 Å². The predicted molar refractivity (Wildman–Crippen MR) is 49.9 cm³/mol. The second-order valence-electron chi connectivity index (χ2n) is 3.45. The van der Waals surface area contributed by atoms with Gasteiger partial charge >= 0.3 is 5.97 Å². The average molecular weight is 208 g/mol. The third-order valence-electron chi connectivity index (χ3n) is 2.56. The predicted octanol–water partition coefficient (Wildman–Crippen LogP) is 1.35. The van der Waals surface area contributed by atoms with Crippen LogP contribution in [0.4, 0.5) is 4.39 Å². The second kappa shape index (κ2) is 3.46. The molecule has 2 rings (SSSR count). The van der Waals surface area contributed by atoms with Crippen LogP contribution >= 0.6 is 0 Å². The van der Waals surface area contributed by atoms with Crippen molar-refractivity contribution in [1.29, 1.82) is 0 Å². The van der Waals surface area contributed by atoms with Gasteiger partial charge in [0.05, 0.1) is 7.11 Å². The van der Waals surface area contributed by atoms with Crippen molar-refractivity contribution in [2.75, 3.05) is 7.11 Å². The Bertz CT molecular complexity index is 439. The van der Waals surface area contributed by atoms with Crippen LogP contribution in [0.15, 0.2) is 18.2 Å². The smallest absolute Gasteiger partial charge is 0.316 e. The third-order valence-corrected chi connectivity index (χ3v) is 2.56. The van der Waals surface area contributed by atoms with Gasteiger partial charge in [-0.15, -0.1) is 0 Å². The first-order valence-electron chi connectivity index (χ1n) is 4.54. The van der Waals surface area contributed by atoms with Gasteiger partial charge in [0.15, 0.2) is 5.78 Å². The lowest BCUT2D eigenvalue weighted by Crippen LogP contribution is -2.21. The highest BCUT2D eigenvalue weighted by Gasteiger charge is 2.36. The van der Waals surface area contributed by atoms with E-state index in [2.05, 4.69) is 4.74 Å². The fourth-order valence-corrected chi connectivity index (χ4v) is 1.80. The number of fused-ring (bicyclic) bond motifs is 1. The first-order chi connectivity index (χ1) is 7.13. The molecule has 1 unspecified atom stereocenters. The quantitative estimate of drug-likeness (QED) is 0.517. The number of Topliss-reactive ketones (excluding diaryl/α,β-unsaturated/α-hetero) is 1. The molecule has 0 saturated carbocycles. The van der Waals surface area contributed by atoms with Crippen LogP contribution in [0.3, 0.4) is 0 Å². The lowest BCUT2D eigenvalue weighted by molar-refractivity contribution is -0.143. The number of methoxy groups -OCH3 is 1. The Labute approximate surface area is 85.9 Å². The van der Waals surface area contributed by atoms with Crippen LogP contribution in [0.1, 0.15) is 15.9 Å². The number of ether oxygens (including phenoxy) is 1. The van der Waals surface area contributed by atoms with Crippen LogP contribution in [0, 0.1) is 11.7 Å². The van der Waals surface area contributed by atoms with Crippen LogP contribution in [-0.4, -0.2) is 18.9 Å². The van der Waals surface area contributed by atoms with Gasteiger partial charge in [-0.25, -0.2) is 4.39 Å². The number of ketones is 1. The molecule has 15 heavy (non-hydrogen) atoms. The molecule has 4 heteroatoms. The summed E-state index contributed by atoms with van der Waals surface area (Å²) in [6.07, 6.45) is 0.235. The molecule has 3 nitrogen and oxygen atoms in total. The standard InChI is InChI=1S/C11H9FO3/c1-15-11(14)9-5-6-4-7(12)2-3-8(6)10(9)13/h2-4,9H,5H2,1H3. The molecule has 1 aliphatic carbocycles. The van der Waals surface area contributed by atoms with Crippen molar-refractivity contribution in [2.45, 2.75) is 6.42 Å². The largest absolute Gasteiger partial charge is 0.468 e. The molecular formula is C11H9FO3. The van der Waals surface area contributed by atoms with Crippen molar-refractivity contribution in [3.05, 3.63) is 35.1 Å². The van der Waals surface area contributed by atoms with Crippen molar-refractivity contribution in [3.63, 3.8) is 0 Å². The number of rotatable bonds is 1. The summed E-state index contributed by atoms with van der Waals surface area (Å²) in [6, 6.07) is 3.92. The molecule has 0 saturated heterocycles. The number of halogens is 1. The first-order valence-corrected chi connectivity index (χ1v) is 4.54. The Kier molecular flexibility index (Phi) is 2.26. The van der Waals surface area contributed by atoms with Gasteiger partial charge < -0.3 is 4.74 Å². The molecule has 1 atom stereocenters. The van der Waals surface area contributed by atoms with Crippen LogP contribution in [0.5, 0.6) is 0 Å². The first kappa shape index (κ1) is 9.83. The molecule has 1 aliphatic rings. The van der Waals surface area contributed by atoms with Crippen molar-refractivity contribution in [1.82, 2.24) is 0 Å². The molecule has 0 radical (unpaired) electrons. The maximum Gasteiger partial charge on any atom is 0.316 e. The number of hydrogen-bond donors (Lipinski definition) is 0. The lowest BCUT2D eigenvalue weighted by atomic mass is 10.1. The summed E-state index contributed by atoms with van der Waals surface area (Å²) in [5.74, 6) is -2.03. The molecule has 0 aromatic heterocycles. The van der Waals surface area contributed by atoms with Crippen LogP contribution in [-0.2, 0) is 16.0 Å². The van der Waals surface area contributed by atoms with Gasteiger partial charge in [-0.3, -0.25) is 9.59 Å². The van der Waals surface area contributed by atoms with Crippen molar-refractivity contribution >= 4 is 11.8 Å². The minimum absolute atomic E-state index is 0.235. The molecule has 0 spiro atoms. The van der Waals surface area contributed by atoms with Crippen molar-refractivity contribution < 1.29 is 18.7 Å². The molecule has 78 valence electrons. The van der Waals surface area contributed by atoms with E-state index in [4.69, 9.17) is 0 Å². The highest BCUT2D eigenvalue weighted by Crippen LogP contribution is 2.27. The SMILES string of the molecule is COC(=O)C1Cc2cc(F)ccc2C1=O. The Balaban J connectivity index is 2.37. The number of carbonyl (C=O) groups excluding carboxylic acids is 2. The number of benzene rings is 1. The van der Waals surface area contributed by atoms with Gasteiger partial charge in [0, 0.05) is 5.56 Å². The van der Waals surface area contributed by atoms with Gasteiger partial charge in [0.1, 0.15) is 11.7 Å². The van der Waals surface area contributed by atoms with Crippen LogP contribution < -0.4 is 0 Å². The highest BCUT2D eigenvalue weighted by molar-refractivity contribution is 6.12. The molecule has 0 amide bonds. The summed E-state index contributed by atoms with van der Waals surface area (Å²) in [5, 5.41) is 0. The van der Waals surface area contributed by atoms with Crippen LogP contribution in [0.2, 0.25) is 0 Å². The number of carbonyl (C=O) groups is 2. The molecule has 0 N–H and O–H groups in total. The molecule has 0 heterocycles. The zero-order chi connectivity index (χ0) is 11.0. The zero-order valence-corrected chi connectivity index (χ0v) is 8.12. The van der Waals surface area contributed by atoms with Gasteiger partial charge in [0.2, 0.25) is 0 Å². The van der Waals surface area contributed by atoms with Gasteiger partial charge in [0.25, 0.3) is 0 Å². The minimum atomic E-state index is -0.799. The summed E-state index contributed by atoms with van der Waals surface area (Å²) >= 11 is 0. The molecule has 1 aromatic carbocycles. The lowest BCUT2D eigenvalue weighted by Gasteiger charge is -2.03. The second-order valence-corrected chi connectivity index (χ2v) is 3.45. The fourth-order valence-electron chi connectivity index (χ4n) is 1.80. The summed E-state index contributed by atoms with van der Waals surface area (Å²) in [5.41, 5.74) is 1.00. The average Bonchev–Trinajstić information content (AvgIpc) is 2.54. The zero-order valence-electron chi connectivity index (χ0n) is 8.12. The van der Waals surface area contributed by atoms with E-state index >= 15 is 0 Å². The maximum absolute atomic E-state index is 12.9. The van der Waals surface area contributed by atoms with E-state index in [0.717, 1.165) is 0 Å². The van der Waals surface area contributed by atoms with Gasteiger partial charge in [-0.1, -0.05) is 0 Å². The van der Waals surface area contributed by atoms with E-state index in [1.54, 1.807) is 0 Å². The van der Waals surface area contributed by atoms with Crippen molar-refractivity contribution in [3.8, 4) is 0 Å². The van der Waals surface area contributed by atoms with Gasteiger partial charge in [-0.05, 0) is 30.2 Å². The summed E-state index contributed by atoms with van der Waals surface area (Å²) in [4.78, 5) is 22.9. The minimum Gasteiger partial charge on any atom is -0.468 e. The number of esters is 1. The Morgan fingerprint density at radius 2 is 2.27 bits per heavy atom. The summed E-state index contributed by atoms with van der Waals surface area (Å²) in [6.45, 7) is 0. The van der Waals surface area contributed by atoms with Crippen LogP contribution in [0.25, 0.3) is 0 Å². The molecule has 0 bridgehead atoms. The third kappa shape index (κ3) is 1.52. The molecule has 1 aromatic rings. The van der Waals surface area contributed by atoms with E-state index < -0.39 is 17.7 Å². The Hall–Kier alpha value is -1.71. The normalized spacial score (nSPS) is 18.8.